The molecular weight excluding hydrogens is 757 g/mol. The summed E-state index contributed by atoms with van der Waals surface area (Å²) in [6.45, 7) is 11.3. The number of pyridine rings is 1. The second-order valence-electron chi connectivity index (χ2n) is 17.2. The molecule has 3 aromatic heterocycles. The van der Waals surface area contributed by atoms with Crippen LogP contribution in [0, 0.1) is 6.33 Å². The predicted octanol–water partition coefficient (Wildman–Crippen LogP) is 14.5. The van der Waals surface area contributed by atoms with E-state index in [-0.39, 0.29) is 5.41 Å². The number of rotatable bonds is 10. The minimum Gasteiger partial charge on any atom is -0.458 e. The van der Waals surface area contributed by atoms with Gasteiger partial charge in [0.15, 0.2) is 0 Å². The Labute approximate surface area is 364 Å². The van der Waals surface area contributed by atoms with E-state index in [9.17, 15) is 0 Å². The van der Waals surface area contributed by atoms with E-state index in [0.29, 0.717) is 5.92 Å². The molecule has 10 aromatic rings. The van der Waals surface area contributed by atoms with Crippen molar-refractivity contribution < 1.29 is 9.30 Å². The number of imidazole rings is 1. The van der Waals surface area contributed by atoms with Crippen LogP contribution in [0.2, 0.25) is 0 Å². The molecule has 0 bridgehead atoms. The third kappa shape index (κ3) is 7.03. The molecule has 0 N–H and O–H groups in total. The molecule has 0 saturated carbocycles. The second-order valence-corrected chi connectivity index (χ2v) is 17.2. The monoisotopic (exact) mass is 806 g/mol. The zero-order valence-electron chi connectivity index (χ0n) is 36.0. The lowest BCUT2D eigenvalue weighted by Gasteiger charge is -2.19. The number of aromatic nitrogens is 4. The van der Waals surface area contributed by atoms with Crippen LogP contribution >= 0.6 is 0 Å². The normalized spacial score (nSPS) is 11.9. The summed E-state index contributed by atoms with van der Waals surface area (Å²) in [7, 11) is 0. The Kier molecular flexibility index (Phi) is 10.0. The second kappa shape index (κ2) is 16.0. The highest BCUT2D eigenvalue weighted by Gasteiger charge is 2.22. The van der Waals surface area contributed by atoms with E-state index in [1.54, 1.807) is 0 Å². The van der Waals surface area contributed by atoms with E-state index < -0.39 is 0 Å². The molecule has 0 amide bonds. The number of hydrogen-bond donors (Lipinski definition) is 0. The fourth-order valence-corrected chi connectivity index (χ4v) is 9.07. The van der Waals surface area contributed by atoms with Gasteiger partial charge in [-0.1, -0.05) is 150 Å². The molecular formula is C57H50N4O. The number of fused-ring (bicyclic) bond motifs is 4. The quantitative estimate of drug-likeness (QED) is 0.102. The Bertz CT molecular complexity index is 3160. The van der Waals surface area contributed by atoms with Crippen LogP contribution in [0.1, 0.15) is 64.5 Å². The summed E-state index contributed by atoms with van der Waals surface area (Å²) in [6.07, 6.45) is 7.94. The molecule has 62 heavy (non-hydrogen) atoms. The van der Waals surface area contributed by atoms with E-state index in [1.165, 1.54) is 21.9 Å². The SMILES string of the molecule is CCC(CC)c1ccnc(-n2c3ccc(C(C)(C)C)cc3c3ccc(Oc4cccc(-n5[c-][n+](-c6c(-c7ccccc7)cccc6-c6ccccc6)c6ccccc65)c4)cc32)c1. The first-order valence-corrected chi connectivity index (χ1v) is 21.8. The van der Waals surface area contributed by atoms with Crippen LogP contribution in [0.3, 0.4) is 0 Å². The van der Waals surface area contributed by atoms with Crippen molar-refractivity contribution in [2.24, 2.45) is 0 Å². The Morgan fingerprint density at radius 3 is 1.98 bits per heavy atom. The summed E-state index contributed by atoms with van der Waals surface area (Å²) < 4.78 is 13.5. The number of hydrogen-bond acceptors (Lipinski definition) is 2. The molecule has 3 heterocycles. The third-order valence-corrected chi connectivity index (χ3v) is 12.4. The first-order valence-electron chi connectivity index (χ1n) is 21.8. The number of benzene rings is 7. The van der Waals surface area contributed by atoms with Crippen molar-refractivity contribution in [1.82, 2.24) is 14.1 Å². The van der Waals surface area contributed by atoms with Gasteiger partial charge in [0.2, 0.25) is 0 Å². The molecule has 0 radical (unpaired) electrons. The van der Waals surface area contributed by atoms with Gasteiger partial charge in [0.1, 0.15) is 17.3 Å². The zero-order chi connectivity index (χ0) is 42.4. The van der Waals surface area contributed by atoms with Gasteiger partial charge in [-0.25, -0.2) is 4.98 Å². The average Bonchev–Trinajstić information content (AvgIpc) is 3.85. The summed E-state index contributed by atoms with van der Waals surface area (Å²) in [6, 6.07) is 62.4. The van der Waals surface area contributed by atoms with E-state index in [2.05, 4.69) is 225 Å². The highest BCUT2D eigenvalue weighted by Crippen LogP contribution is 2.39. The van der Waals surface area contributed by atoms with Crippen molar-refractivity contribution in [2.75, 3.05) is 0 Å². The van der Waals surface area contributed by atoms with Crippen molar-refractivity contribution in [3.63, 3.8) is 0 Å². The predicted molar refractivity (Wildman–Crippen MR) is 255 cm³/mol. The maximum atomic E-state index is 6.80. The lowest BCUT2D eigenvalue weighted by atomic mass is 9.86. The molecule has 304 valence electrons. The summed E-state index contributed by atoms with van der Waals surface area (Å²) in [5, 5.41) is 2.38. The molecule has 7 aromatic carbocycles. The van der Waals surface area contributed by atoms with Crippen LogP contribution in [0.4, 0.5) is 0 Å². The molecule has 0 unspecified atom stereocenters. The van der Waals surface area contributed by atoms with Crippen molar-refractivity contribution in [1.29, 1.82) is 0 Å². The van der Waals surface area contributed by atoms with Crippen LogP contribution in [-0.4, -0.2) is 14.1 Å². The van der Waals surface area contributed by atoms with Crippen LogP contribution < -0.4 is 9.30 Å². The van der Waals surface area contributed by atoms with Crippen molar-refractivity contribution in [3.8, 4) is 50.9 Å². The molecule has 10 rings (SSSR count). The van der Waals surface area contributed by atoms with E-state index >= 15 is 0 Å². The zero-order valence-corrected chi connectivity index (χ0v) is 36.0. The van der Waals surface area contributed by atoms with Crippen LogP contribution in [0.5, 0.6) is 11.5 Å². The summed E-state index contributed by atoms with van der Waals surface area (Å²) in [5.74, 6) is 2.90. The van der Waals surface area contributed by atoms with Crippen molar-refractivity contribution >= 4 is 32.8 Å². The molecule has 0 fully saturated rings. The third-order valence-electron chi connectivity index (χ3n) is 12.4. The molecule has 0 aliphatic carbocycles. The Balaban J connectivity index is 1.09. The van der Waals surface area contributed by atoms with Gasteiger partial charge in [-0.15, -0.1) is 0 Å². The van der Waals surface area contributed by atoms with Crippen molar-refractivity contribution in [2.45, 2.75) is 58.8 Å². The topological polar surface area (TPSA) is 35.9 Å². The number of para-hydroxylation sites is 3. The summed E-state index contributed by atoms with van der Waals surface area (Å²) >= 11 is 0. The lowest BCUT2D eigenvalue weighted by Crippen LogP contribution is -2.31. The molecule has 0 aliphatic heterocycles. The lowest BCUT2D eigenvalue weighted by molar-refractivity contribution is -0.571. The van der Waals surface area contributed by atoms with Crippen molar-refractivity contribution in [3.05, 3.63) is 200 Å². The maximum Gasteiger partial charge on any atom is 0.269 e. The van der Waals surface area contributed by atoms with Gasteiger partial charge in [0.05, 0.1) is 33.4 Å². The van der Waals surface area contributed by atoms with Crippen LogP contribution in [-0.2, 0) is 5.41 Å². The highest BCUT2D eigenvalue weighted by molar-refractivity contribution is 6.09. The Morgan fingerprint density at radius 2 is 1.27 bits per heavy atom. The standard InChI is InChI=1S/C57H50N4O/c1-6-39(7-2)42-32-33-58-55(34-42)61-51-31-28-43(57(3,4)5)35-50(51)49-30-29-46(37-54(49)61)62-45-23-16-22-44(36-45)59-38-60(53-27-15-14-26-52(53)59)56-47(40-18-10-8-11-19-40)24-17-25-48(56)41-20-12-9-13-21-41/h8-37,39H,6-7H2,1-5H3. The minimum atomic E-state index is 0.0154. The van der Waals surface area contributed by atoms with Gasteiger partial charge >= 0.3 is 0 Å². The molecule has 0 atom stereocenters. The van der Waals surface area contributed by atoms with Gasteiger partial charge in [0, 0.05) is 23.0 Å². The first kappa shape index (κ1) is 38.9. The van der Waals surface area contributed by atoms with E-state index in [1.807, 2.05) is 12.3 Å². The van der Waals surface area contributed by atoms with Gasteiger partial charge in [-0.3, -0.25) is 13.7 Å². The fraction of sp³-hybridized carbons (Fsp3) is 0.158. The van der Waals surface area contributed by atoms with Crippen LogP contribution in [0.15, 0.2) is 182 Å². The van der Waals surface area contributed by atoms with Gasteiger partial charge in [-0.2, -0.15) is 0 Å². The highest BCUT2D eigenvalue weighted by atomic mass is 16.5. The molecule has 0 saturated heterocycles. The largest absolute Gasteiger partial charge is 0.458 e. The summed E-state index contributed by atoms with van der Waals surface area (Å²) in [4.78, 5) is 4.97. The van der Waals surface area contributed by atoms with E-state index in [4.69, 9.17) is 9.72 Å². The smallest absolute Gasteiger partial charge is 0.269 e. The number of ether oxygens (including phenoxy) is 1. The first-order chi connectivity index (χ1) is 30.3. The van der Waals surface area contributed by atoms with Gasteiger partial charge < -0.3 is 4.74 Å². The Hall–Kier alpha value is -7.24. The molecule has 0 aliphatic rings. The van der Waals surface area contributed by atoms with Crippen LogP contribution in [0.25, 0.3) is 72.3 Å². The molecule has 0 spiro atoms. The fourth-order valence-electron chi connectivity index (χ4n) is 9.07. The molecule has 5 nitrogen and oxygen atoms in total. The van der Waals surface area contributed by atoms with Gasteiger partial charge in [0.25, 0.3) is 6.33 Å². The van der Waals surface area contributed by atoms with E-state index in [0.717, 1.165) is 85.9 Å². The minimum absolute atomic E-state index is 0.0154. The molecule has 5 heteroatoms. The van der Waals surface area contributed by atoms with Gasteiger partial charge in [-0.05, 0) is 112 Å². The summed E-state index contributed by atoms with van der Waals surface area (Å²) in [5.41, 5.74) is 13.5. The average molecular weight is 807 g/mol. The maximum absolute atomic E-state index is 6.80. The Morgan fingerprint density at radius 1 is 0.597 bits per heavy atom. The number of nitrogens with zero attached hydrogens (tertiary/aromatic N) is 4.